The molecule has 0 amide bonds. The largest absolute Gasteiger partial charge is 0.462 e. The summed E-state index contributed by atoms with van der Waals surface area (Å²) in [7, 11) is 0. The molecule has 0 aliphatic rings. The van der Waals surface area contributed by atoms with Gasteiger partial charge in [0.2, 0.25) is 0 Å². The van der Waals surface area contributed by atoms with E-state index in [9.17, 15) is 9.59 Å². The number of ketones is 1. The zero-order chi connectivity index (χ0) is 13.0. The van der Waals surface area contributed by atoms with E-state index >= 15 is 0 Å². The Kier molecular flexibility index (Phi) is 4.20. The number of hydrogen-bond acceptors (Lipinski definition) is 5. The van der Waals surface area contributed by atoms with Crippen molar-refractivity contribution in [3.8, 4) is 0 Å². The third-order valence-electron chi connectivity index (χ3n) is 2.34. The number of ether oxygens (including phenoxy) is 1. The molecular formula is C12H16N2O3. The summed E-state index contributed by atoms with van der Waals surface area (Å²) in [4.78, 5) is 26.9. The van der Waals surface area contributed by atoms with Gasteiger partial charge in [-0.1, -0.05) is 6.92 Å². The number of carbonyl (C=O) groups is 2. The summed E-state index contributed by atoms with van der Waals surface area (Å²) < 4.78 is 4.86. The van der Waals surface area contributed by atoms with E-state index in [0.29, 0.717) is 17.7 Å². The molecular weight excluding hydrogens is 220 g/mol. The Bertz CT molecular complexity index is 455. The maximum Gasteiger partial charge on any atom is 0.341 e. The Labute approximate surface area is 100.0 Å². The molecule has 0 aliphatic carbocycles. The van der Waals surface area contributed by atoms with Gasteiger partial charge in [-0.3, -0.25) is 4.79 Å². The number of aryl methyl sites for hydroxylation is 1. The quantitative estimate of drug-likeness (QED) is 0.634. The number of nitrogens with zero attached hydrogens (tertiary/aromatic N) is 1. The lowest BCUT2D eigenvalue weighted by molar-refractivity contribution is 0.0526. The Balaban J connectivity index is 3.27. The summed E-state index contributed by atoms with van der Waals surface area (Å²) in [5, 5.41) is 0. The van der Waals surface area contributed by atoms with Crippen molar-refractivity contribution < 1.29 is 14.3 Å². The first kappa shape index (κ1) is 13.2. The van der Waals surface area contributed by atoms with Gasteiger partial charge in [0.15, 0.2) is 5.78 Å². The second-order valence-corrected chi connectivity index (χ2v) is 3.56. The van der Waals surface area contributed by atoms with Crippen LogP contribution >= 0.6 is 0 Å². The molecule has 5 heteroatoms. The number of rotatable bonds is 4. The number of hydrogen-bond donors (Lipinski definition) is 1. The van der Waals surface area contributed by atoms with E-state index in [1.54, 1.807) is 13.0 Å². The van der Waals surface area contributed by atoms with E-state index in [1.807, 2.05) is 6.92 Å². The van der Waals surface area contributed by atoms with Crippen LogP contribution in [-0.4, -0.2) is 23.3 Å². The minimum atomic E-state index is -0.512. The van der Waals surface area contributed by atoms with Crippen molar-refractivity contribution in [3.05, 3.63) is 22.9 Å². The molecule has 0 radical (unpaired) electrons. The van der Waals surface area contributed by atoms with Crippen LogP contribution in [0.25, 0.3) is 0 Å². The molecule has 0 aliphatic heterocycles. The summed E-state index contributed by atoms with van der Waals surface area (Å²) in [6.07, 6.45) is 0.606. The van der Waals surface area contributed by atoms with Crippen LogP contribution in [0.3, 0.4) is 0 Å². The summed E-state index contributed by atoms with van der Waals surface area (Å²) in [6.45, 7) is 5.29. The summed E-state index contributed by atoms with van der Waals surface area (Å²) in [6, 6.07) is 1.58. The first-order chi connectivity index (χ1) is 8.01. The van der Waals surface area contributed by atoms with Crippen LogP contribution < -0.4 is 5.73 Å². The Morgan fingerprint density at radius 1 is 1.41 bits per heavy atom. The number of pyridine rings is 1. The number of esters is 1. The van der Waals surface area contributed by atoms with Crippen molar-refractivity contribution in [2.75, 3.05) is 12.3 Å². The third-order valence-corrected chi connectivity index (χ3v) is 2.34. The molecule has 1 heterocycles. The number of anilines is 1. The Hall–Kier alpha value is -1.91. The molecule has 92 valence electrons. The van der Waals surface area contributed by atoms with Gasteiger partial charge in [0, 0.05) is 6.92 Å². The highest BCUT2D eigenvalue weighted by molar-refractivity contribution is 5.98. The molecule has 0 saturated carbocycles. The van der Waals surface area contributed by atoms with Crippen molar-refractivity contribution in [2.24, 2.45) is 0 Å². The third kappa shape index (κ3) is 2.81. The van der Waals surface area contributed by atoms with Gasteiger partial charge in [-0.15, -0.1) is 0 Å². The average molecular weight is 236 g/mol. The van der Waals surface area contributed by atoms with E-state index in [-0.39, 0.29) is 23.8 Å². The van der Waals surface area contributed by atoms with E-state index in [2.05, 4.69) is 4.98 Å². The minimum absolute atomic E-state index is 0.0332. The van der Waals surface area contributed by atoms with Gasteiger partial charge in [-0.05, 0) is 25.0 Å². The fourth-order valence-electron chi connectivity index (χ4n) is 1.52. The summed E-state index contributed by atoms with van der Waals surface area (Å²) in [5.74, 6) is -0.642. The molecule has 0 atom stereocenters. The molecule has 17 heavy (non-hydrogen) atoms. The first-order valence-electron chi connectivity index (χ1n) is 5.48. The van der Waals surface area contributed by atoms with Crippen LogP contribution in [0.2, 0.25) is 0 Å². The number of nitrogen functional groups attached to an aromatic ring is 1. The van der Waals surface area contributed by atoms with Gasteiger partial charge in [0.1, 0.15) is 17.1 Å². The van der Waals surface area contributed by atoms with E-state index in [0.717, 1.165) is 0 Å². The predicted octanol–water partition coefficient (Wildman–Crippen LogP) is 1.61. The molecule has 2 N–H and O–H groups in total. The second-order valence-electron chi connectivity index (χ2n) is 3.56. The van der Waals surface area contributed by atoms with Crippen LogP contribution in [-0.2, 0) is 11.2 Å². The fourth-order valence-corrected chi connectivity index (χ4v) is 1.52. The molecule has 0 spiro atoms. The first-order valence-corrected chi connectivity index (χ1v) is 5.48. The monoisotopic (exact) mass is 236 g/mol. The molecule has 0 saturated heterocycles. The van der Waals surface area contributed by atoms with Crippen molar-refractivity contribution in [3.63, 3.8) is 0 Å². The van der Waals surface area contributed by atoms with Gasteiger partial charge in [-0.2, -0.15) is 0 Å². The highest BCUT2D eigenvalue weighted by Crippen LogP contribution is 2.17. The molecule has 0 unspecified atom stereocenters. The van der Waals surface area contributed by atoms with E-state index in [4.69, 9.17) is 10.5 Å². The molecule has 0 bridgehead atoms. The summed E-state index contributed by atoms with van der Waals surface area (Å²) in [5.41, 5.74) is 6.89. The molecule has 1 aromatic heterocycles. The minimum Gasteiger partial charge on any atom is -0.462 e. The smallest absolute Gasteiger partial charge is 0.341 e. The lowest BCUT2D eigenvalue weighted by Gasteiger charge is -2.09. The van der Waals surface area contributed by atoms with Crippen LogP contribution in [0.4, 0.5) is 5.82 Å². The molecule has 1 aromatic rings. The van der Waals surface area contributed by atoms with Crippen LogP contribution in [0, 0.1) is 0 Å². The topological polar surface area (TPSA) is 82.3 Å². The van der Waals surface area contributed by atoms with Crippen LogP contribution in [0.5, 0.6) is 0 Å². The van der Waals surface area contributed by atoms with Gasteiger partial charge in [-0.25, -0.2) is 9.78 Å². The fraction of sp³-hybridized carbons (Fsp3) is 0.417. The lowest BCUT2D eigenvalue weighted by Crippen LogP contribution is -2.13. The van der Waals surface area contributed by atoms with Crippen molar-refractivity contribution >= 4 is 17.6 Å². The van der Waals surface area contributed by atoms with Crippen molar-refractivity contribution in [2.45, 2.75) is 27.2 Å². The molecule has 0 fully saturated rings. The average Bonchev–Trinajstić information content (AvgIpc) is 2.28. The lowest BCUT2D eigenvalue weighted by atomic mass is 10.1. The highest BCUT2D eigenvalue weighted by atomic mass is 16.5. The number of aromatic nitrogens is 1. The summed E-state index contributed by atoms with van der Waals surface area (Å²) >= 11 is 0. The van der Waals surface area contributed by atoms with Crippen LogP contribution in [0.15, 0.2) is 6.07 Å². The zero-order valence-corrected chi connectivity index (χ0v) is 10.2. The SMILES string of the molecule is CCOC(=O)c1cc(CC)c(C(C)=O)nc1N. The highest BCUT2D eigenvalue weighted by Gasteiger charge is 2.17. The normalized spacial score (nSPS) is 10.1. The molecule has 1 rings (SSSR count). The maximum absolute atomic E-state index is 11.6. The zero-order valence-electron chi connectivity index (χ0n) is 10.2. The van der Waals surface area contributed by atoms with Crippen LogP contribution in [0.1, 0.15) is 47.2 Å². The second kappa shape index (κ2) is 5.43. The van der Waals surface area contributed by atoms with Gasteiger partial charge >= 0.3 is 5.97 Å². The van der Waals surface area contributed by atoms with E-state index in [1.165, 1.54) is 6.92 Å². The molecule has 5 nitrogen and oxygen atoms in total. The number of Topliss-reactive ketones (excluding diaryl/α,β-unsaturated/α-hetero) is 1. The van der Waals surface area contributed by atoms with Crippen molar-refractivity contribution in [1.82, 2.24) is 4.98 Å². The van der Waals surface area contributed by atoms with Gasteiger partial charge < -0.3 is 10.5 Å². The Morgan fingerprint density at radius 3 is 2.53 bits per heavy atom. The predicted molar refractivity (Wildman–Crippen MR) is 64.0 cm³/mol. The number of nitrogens with two attached hydrogens (primary N) is 1. The standard InChI is InChI=1S/C12H16N2O3/c1-4-8-6-9(12(16)17-5-2)11(13)14-10(8)7(3)15/h6H,4-5H2,1-3H3,(H2,13,14). The van der Waals surface area contributed by atoms with Gasteiger partial charge in [0.05, 0.1) is 6.61 Å². The molecule has 0 aromatic carbocycles. The maximum atomic E-state index is 11.6. The number of carbonyl (C=O) groups excluding carboxylic acids is 2. The van der Waals surface area contributed by atoms with Crippen molar-refractivity contribution in [1.29, 1.82) is 0 Å². The van der Waals surface area contributed by atoms with Gasteiger partial charge in [0.25, 0.3) is 0 Å². The Morgan fingerprint density at radius 2 is 2.06 bits per heavy atom. The van der Waals surface area contributed by atoms with E-state index < -0.39 is 5.97 Å².